The number of fused-ring (bicyclic) bond motifs is 2. The molecule has 0 saturated carbocycles. The van der Waals surface area contributed by atoms with Crippen LogP contribution >= 0.6 is 0 Å². The molecule has 2 bridgehead atoms. The van der Waals surface area contributed by atoms with E-state index in [0.717, 1.165) is 19.5 Å². The van der Waals surface area contributed by atoms with E-state index in [1.807, 2.05) is 0 Å². The molecule has 4 nitrogen and oxygen atoms in total. The predicted molar refractivity (Wildman–Crippen MR) is 46.1 cm³/mol. The summed E-state index contributed by atoms with van der Waals surface area (Å²) in [5.41, 5.74) is -0.618. The highest BCUT2D eigenvalue weighted by atomic mass is 16.5. The molecule has 3 unspecified atom stereocenters. The first-order chi connectivity index (χ1) is 6.19. The molecule has 2 aliphatic heterocycles. The summed E-state index contributed by atoms with van der Waals surface area (Å²) >= 11 is 0. The number of hydrogen-bond donors (Lipinski definition) is 1. The molecule has 2 saturated heterocycles. The number of hydrogen-bond acceptors (Lipinski definition) is 4. The number of nitrogens with zero attached hydrogens (tertiary/aromatic N) is 1. The fraction of sp³-hybridized carbons (Fsp3) is 0.889. The number of rotatable bonds is 1. The zero-order chi connectivity index (χ0) is 9.47. The maximum Gasteiger partial charge on any atom is 0.315 e. The number of esters is 1. The number of aliphatic hydroxyl groups excluding tert-OH is 1. The van der Waals surface area contributed by atoms with E-state index in [4.69, 9.17) is 4.74 Å². The Labute approximate surface area is 77.5 Å². The lowest BCUT2D eigenvalue weighted by Gasteiger charge is -2.35. The minimum absolute atomic E-state index is 0.248. The normalized spacial score (nSPS) is 43.2. The Morgan fingerprint density at radius 2 is 2.38 bits per heavy atom. The highest BCUT2D eigenvalue weighted by Crippen LogP contribution is 2.40. The Morgan fingerprint density at radius 1 is 1.62 bits per heavy atom. The predicted octanol–water partition coefficient (Wildman–Crippen LogP) is -0.384. The summed E-state index contributed by atoms with van der Waals surface area (Å²) in [7, 11) is 1.39. The second-order valence-corrected chi connectivity index (χ2v) is 3.98. The Morgan fingerprint density at radius 3 is 3.08 bits per heavy atom. The number of piperidine rings is 1. The van der Waals surface area contributed by atoms with E-state index in [2.05, 4.69) is 4.90 Å². The largest absolute Gasteiger partial charge is 0.468 e. The van der Waals surface area contributed by atoms with Crippen LogP contribution in [0.4, 0.5) is 0 Å². The van der Waals surface area contributed by atoms with Crippen LogP contribution < -0.4 is 0 Å². The van der Waals surface area contributed by atoms with Gasteiger partial charge in [0.05, 0.1) is 13.2 Å². The Kier molecular flexibility index (Phi) is 2.04. The van der Waals surface area contributed by atoms with E-state index >= 15 is 0 Å². The van der Waals surface area contributed by atoms with Crippen molar-refractivity contribution in [3.63, 3.8) is 0 Å². The van der Waals surface area contributed by atoms with E-state index in [1.165, 1.54) is 7.11 Å². The van der Waals surface area contributed by atoms with Gasteiger partial charge in [-0.1, -0.05) is 0 Å². The minimum Gasteiger partial charge on any atom is -0.468 e. The van der Waals surface area contributed by atoms with Gasteiger partial charge in [0.1, 0.15) is 5.41 Å². The van der Waals surface area contributed by atoms with Gasteiger partial charge in [-0.25, -0.2) is 0 Å². The quantitative estimate of drug-likeness (QED) is 0.566. The lowest BCUT2D eigenvalue weighted by Crippen LogP contribution is -2.49. The van der Waals surface area contributed by atoms with Crippen LogP contribution in [0.5, 0.6) is 0 Å². The molecule has 3 atom stereocenters. The zero-order valence-corrected chi connectivity index (χ0v) is 7.82. The Bertz CT molecular complexity index is 231. The van der Waals surface area contributed by atoms with Crippen molar-refractivity contribution in [2.24, 2.45) is 5.41 Å². The van der Waals surface area contributed by atoms with Crippen LogP contribution in [-0.2, 0) is 9.53 Å². The molecule has 2 heterocycles. The van der Waals surface area contributed by atoms with E-state index in [-0.39, 0.29) is 5.97 Å². The molecule has 0 aromatic heterocycles. The average Bonchev–Trinajstić information content (AvgIpc) is 2.52. The average molecular weight is 185 g/mol. The third-order valence-corrected chi connectivity index (χ3v) is 3.33. The molecule has 2 rings (SSSR count). The van der Waals surface area contributed by atoms with Gasteiger partial charge < -0.3 is 14.7 Å². The van der Waals surface area contributed by atoms with E-state index in [0.29, 0.717) is 13.0 Å². The zero-order valence-electron chi connectivity index (χ0n) is 7.82. The highest BCUT2D eigenvalue weighted by molar-refractivity contribution is 5.78. The topological polar surface area (TPSA) is 49.8 Å². The van der Waals surface area contributed by atoms with Crippen molar-refractivity contribution in [3.05, 3.63) is 0 Å². The Balaban J connectivity index is 2.23. The minimum atomic E-state index is -0.618. The summed E-state index contributed by atoms with van der Waals surface area (Å²) in [4.78, 5) is 13.8. The molecule has 0 amide bonds. The molecule has 0 aliphatic carbocycles. The van der Waals surface area contributed by atoms with Crippen LogP contribution in [0.3, 0.4) is 0 Å². The molecular formula is C9H15NO3. The number of aliphatic hydroxyl groups is 1. The number of carbonyl (C=O) groups excluding carboxylic acids is 1. The fourth-order valence-corrected chi connectivity index (χ4v) is 2.46. The van der Waals surface area contributed by atoms with Gasteiger partial charge in [-0.3, -0.25) is 4.79 Å². The number of methoxy groups -OCH3 is 1. The summed E-state index contributed by atoms with van der Waals surface area (Å²) in [6.45, 7) is 2.48. The highest BCUT2D eigenvalue weighted by Gasteiger charge is 2.53. The van der Waals surface area contributed by atoms with E-state index in [9.17, 15) is 9.90 Å². The molecule has 0 radical (unpaired) electrons. The van der Waals surface area contributed by atoms with Crippen molar-refractivity contribution in [2.75, 3.05) is 26.7 Å². The first kappa shape index (κ1) is 8.97. The van der Waals surface area contributed by atoms with Gasteiger partial charge >= 0.3 is 5.97 Å². The fourth-order valence-electron chi connectivity index (χ4n) is 2.46. The lowest BCUT2D eigenvalue weighted by molar-refractivity contribution is -0.161. The van der Waals surface area contributed by atoms with Crippen molar-refractivity contribution < 1.29 is 14.6 Å². The van der Waals surface area contributed by atoms with Gasteiger partial charge in [0.15, 0.2) is 0 Å². The summed E-state index contributed by atoms with van der Waals surface area (Å²) < 4.78 is 4.76. The molecule has 13 heavy (non-hydrogen) atoms. The molecule has 0 aromatic carbocycles. The first-order valence-electron chi connectivity index (χ1n) is 4.68. The van der Waals surface area contributed by atoms with Gasteiger partial charge in [-0.2, -0.15) is 0 Å². The van der Waals surface area contributed by atoms with Crippen LogP contribution in [0.2, 0.25) is 0 Å². The van der Waals surface area contributed by atoms with Crippen molar-refractivity contribution in [2.45, 2.75) is 18.9 Å². The van der Waals surface area contributed by atoms with Gasteiger partial charge in [0.25, 0.3) is 0 Å². The number of carbonyl (C=O) groups is 1. The van der Waals surface area contributed by atoms with Crippen LogP contribution in [0, 0.1) is 5.41 Å². The van der Waals surface area contributed by atoms with Crippen LogP contribution in [0.25, 0.3) is 0 Å². The molecule has 74 valence electrons. The van der Waals surface area contributed by atoms with Crippen LogP contribution in [0.1, 0.15) is 12.8 Å². The molecule has 1 N–H and O–H groups in total. The Hall–Kier alpha value is -0.610. The molecular weight excluding hydrogens is 170 g/mol. The van der Waals surface area contributed by atoms with Gasteiger partial charge in [0, 0.05) is 13.1 Å². The van der Waals surface area contributed by atoms with Crippen molar-refractivity contribution in [3.8, 4) is 0 Å². The molecule has 2 fully saturated rings. The summed E-state index contributed by atoms with van der Waals surface area (Å²) in [6, 6.07) is 0. The maximum absolute atomic E-state index is 11.5. The van der Waals surface area contributed by atoms with Crippen LogP contribution in [0.15, 0.2) is 0 Å². The van der Waals surface area contributed by atoms with E-state index < -0.39 is 11.5 Å². The third kappa shape index (κ3) is 1.16. The SMILES string of the molecule is COC(=O)C12CCN(CCC1O)C2. The lowest BCUT2D eigenvalue weighted by atomic mass is 9.78. The number of ether oxygens (including phenoxy) is 1. The summed E-state index contributed by atoms with van der Waals surface area (Å²) in [5.74, 6) is -0.248. The second-order valence-electron chi connectivity index (χ2n) is 3.98. The standard InChI is InChI=1S/C9H15NO3/c1-13-8(12)9-3-5-10(6-9)4-2-7(9)11/h7,11H,2-6H2,1H3. The summed E-state index contributed by atoms with van der Waals surface area (Å²) in [5, 5.41) is 9.82. The molecule has 0 aromatic rings. The smallest absolute Gasteiger partial charge is 0.315 e. The first-order valence-corrected chi connectivity index (χ1v) is 4.68. The van der Waals surface area contributed by atoms with Gasteiger partial charge in [-0.05, 0) is 19.4 Å². The van der Waals surface area contributed by atoms with Gasteiger partial charge in [0.2, 0.25) is 0 Å². The molecule has 0 spiro atoms. The molecule has 4 heteroatoms. The maximum atomic E-state index is 11.5. The summed E-state index contributed by atoms with van der Waals surface area (Å²) in [6.07, 6.45) is 0.911. The van der Waals surface area contributed by atoms with Crippen molar-refractivity contribution in [1.82, 2.24) is 4.90 Å². The molecule has 2 aliphatic rings. The van der Waals surface area contributed by atoms with Gasteiger partial charge in [-0.15, -0.1) is 0 Å². The second kappa shape index (κ2) is 2.96. The third-order valence-electron chi connectivity index (χ3n) is 3.33. The van der Waals surface area contributed by atoms with Crippen LogP contribution in [-0.4, -0.2) is 48.8 Å². The van der Waals surface area contributed by atoms with Crippen molar-refractivity contribution in [1.29, 1.82) is 0 Å². The van der Waals surface area contributed by atoms with Crippen molar-refractivity contribution >= 4 is 5.97 Å². The van der Waals surface area contributed by atoms with E-state index in [1.54, 1.807) is 0 Å². The monoisotopic (exact) mass is 185 g/mol.